The van der Waals surface area contributed by atoms with Crippen molar-refractivity contribution in [2.24, 2.45) is 23.7 Å². The molecule has 2 aliphatic carbocycles. The van der Waals surface area contributed by atoms with Gasteiger partial charge in [-0.2, -0.15) is 13.2 Å². The molecule has 0 aliphatic heterocycles. The van der Waals surface area contributed by atoms with Crippen LogP contribution in [-0.2, 0) is 17.4 Å². The van der Waals surface area contributed by atoms with Crippen molar-refractivity contribution in [3.8, 4) is 0 Å². The third-order valence-corrected chi connectivity index (χ3v) is 8.37. The number of nitrogen functional groups attached to an aromatic ring is 1. The summed E-state index contributed by atoms with van der Waals surface area (Å²) in [5, 5.41) is 13.7. The molecule has 1 aromatic carbocycles. The van der Waals surface area contributed by atoms with E-state index in [0.29, 0.717) is 24.1 Å². The number of halogens is 4. The SMILES string of the molecule is C=C(CCC(CCC)NC1CC(C)CC2CC21)C(=O)[C@@H](Cc1cc(Cl)c(N)c(C(F)(F)F)c1)CC(C)O. The number of allylic oxidation sites excluding steroid dienone is 1. The van der Waals surface area contributed by atoms with Gasteiger partial charge in [-0.3, -0.25) is 4.79 Å². The van der Waals surface area contributed by atoms with E-state index >= 15 is 0 Å². The second-order valence-electron chi connectivity index (χ2n) is 11.5. The van der Waals surface area contributed by atoms with Crippen LogP contribution in [0.15, 0.2) is 24.3 Å². The number of nitrogens with one attached hydrogen (secondary N) is 1. The van der Waals surface area contributed by atoms with Crippen LogP contribution in [0.4, 0.5) is 18.9 Å². The van der Waals surface area contributed by atoms with E-state index in [-0.39, 0.29) is 29.2 Å². The smallest absolute Gasteiger partial charge is 0.397 e. The number of rotatable bonds is 13. The molecule has 0 heterocycles. The highest BCUT2D eigenvalue weighted by atomic mass is 35.5. The third-order valence-electron chi connectivity index (χ3n) is 8.06. The van der Waals surface area contributed by atoms with Gasteiger partial charge in [-0.15, -0.1) is 0 Å². The lowest BCUT2D eigenvalue weighted by molar-refractivity contribution is -0.137. The largest absolute Gasteiger partial charge is 0.418 e. The van der Waals surface area contributed by atoms with Crippen molar-refractivity contribution in [3.63, 3.8) is 0 Å². The zero-order chi connectivity index (χ0) is 27.5. The summed E-state index contributed by atoms with van der Waals surface area (Å²) in [6, 6.07) is 3.15. The molecule has 4 nitrogen and oxygen atoms in total. The van der Waals surface area contributed by atoms with E-state index in [2.05, 4.69) is 25.7 Å². The van der Waals surface area contributed by atoms with Crippen molar-refractivity contribution >= 4 is 23.1 Å². The summed E-state index contributed by atoms with van der Waals surface area (Å²) in [6.07, 6.45) is 1.90. The molecule has 2 saturated carbocycles. The number of nitrogens with two attached hydrogens (primary N) is 1. The first-order chi connectivity index (χ1) is 17.3. The number of hydrogen-bond acceptors (Lipinski definition) is 4. The second kappa shape index (κ2) is 12.5. The quantitative estimate of drug-likeness (QED) is 0.186. The van der Waals surface area contributed by atoms with E-state index in [1.54, 1.807) is 6.92 Å². The topological polar surface area (TPSA) is 75.4 Å². The van der Waals surface area contributed by atoms with Crippen molar-refractivity contribution in [3.05, 3.63) is 40.4 Å². The van der Waals surface area contributed by atoms with Crippen LogP contribution in [0.2, 0.25) is 5.02 Å². The van der Waals surface area contributed by atoms with E-state index in [9.17, 15) is 23.1 Å². The number of ketones is 1. The van der Waals surface area contributed by atoms with Crippen LogP contribution in [0.5, 0.6) is 0 Å². The third kappa shape index (κ3) is 8.21. The molecule has 4 N–H and O–H groups in total. The zero-order valence-corrected chi connectivity index (χ0v) is 23.0. The lowest BCUT2D eigenvalue weighted by atomic mass is 9.84. The fraction of sp³-hybridized carbons (Fsp3) is 0.690. The van der Waals surface area contributed by atoms with Crippen LogP contribution >= 0.6 is 11.6 Å². The lowest BCUT2D eigenvalue weighted by Gasteiger charge is -2.31. The summed E-state index contributed by atoms with van der Waals surface area (Å²) in [5.74, 6) is 1.47. The first-order valence-corrected chi connectivity index (χ1v) is 14.0. The van der Waals surface area contributed by atoms with Crippen molar-refractivity contribution in [2.45, 2.75) is 103 Å². The monoisotopic (exact) mass is 542 g/mol. The Kier molecular flexibility index (Phi) is 10.1. The molecule has 0 radical (unpaired) electrons. The number of alkyl halides is 3. The van der Waals surface area contributed by atoms with E-state index in [0.717, 1.165) is 43.1 Å². The fourth-order valence-electron chi connectivity index (χ4n) is 6.18. The molecule has 0 aromatic heterocycles. The molecular formula is C29H42ClF3N2O2. The van der Waals surface area contributed by atoms with Gasteiger partial charge in [0.15, 0.2) is 5.78 Å². The Balaban J connectivity index is 1.66. The van der Waals surface area contributed by atoms with Gasteiger partial charge >= 0.3 is 6.18 Å². The van der Waals surface area contributed by atoms with E-state index < -0.39 is 29.4 Å². The minimum absolute atomic E-state index is 0.0193. The highest BCUT2D eigenvalue weighted by Crippen LogP contribution is 2.51. The van der Waals surface area contributed by atoms with Crippen molar-refractivity contribution in [1.82, 2.24) is 5.32 Å². The summed E-state index contributed by atoms with van der Waals surface area (Å²) < 4.78 is 40.3. The van der Waals surface area contributed by atoms with Crippen LogP contribution in [0.25, 0.3) is 0 Å². The molecule has 208 valence electrons. The number of anilines is 1. The molecule has 8 heteroatoms. The predicted octanol–water partition coefficient (Wildman–Crippen LogP) is 6.97. The summed E-state index contributed by atoms with van der Waals surface area (Å²) in [5.41, 5.74) is 4.73. The molecule has 0 amide bonds. The summed E-state index contributed by atoms with van der Waals surface area (Å²) in [6.45, 7) is 10.1. The van der Waals surface area contributed by atoms with Gasteiger partial charge in [0.2, 0.25) is 0 Å². The molecular weight excluding hydrogens is 501 g/mol. The number of carbonyl (C=O) groups is 1. The molecule has 0 bridgehead atoms. The van der Waals surface area contributed by atoms with E-state index in [1.807, 2.05) is 0 Å². The summed E-state index contributed by atoms with van der Waals surface area (Å²) in [7, 11) is 0. The van der Waals surface area contributed by atoms with Crippen molar-refractivity contribution in [1.29, 1.82) is 0 Å². The summed E-state index contributed by atoms with van der Waals surface area (Å²) in [4.78, 5) is 13.4. The van der Waals surface area contributed by atoms with E-state index in [4.69, 9.17) is 17.3 Å². The average molecular weight is 543 g/mol. The molecule has 1 aromatic rings. The van der Waals surface area contributed by atoms with Crippen LogP contribution in [0.1, 0.15) is 83.3 Å². The van der Waals surface area contributed by atoms with Gasteiger partial charge in [-0.05, 0) is 99.3 Å². The molecule has 6 unspecified atom stereocenters. The number of fused-ring (bicyclic) bond motifs is 1. The minimum Gasteiger partial charge on any atom is -0.397 e. The van der Waals surface area contributed by atoms with Crippen LogP contribution in [-0.4, -0.2) is 29.1 Å². The van der Waals surface area contributed by atoms with Gasteiger partial charge in [0.05, 0.1) is 22.4 Å². The van der Waals surface area contributed by atoms with Gasteiger partial charge in [0, 0.05) is 18.0 Å². The molecule has 2 aliphatic rings. The fourth-order valence-corrected chi connectivity index (χ4v) is 6.42. The van der Waals surface area contributed by atoms with Gasteiger partial charge in [-0.1, -0.05) is 38.4 Å². The highest BCUT2D eigenvalue weighted by Gasteiger charge is 2.47. The lowest BCUT2D eigenvalue weighted by Crippen LogP contribution is -2.42. The number of hydrogen-bond donors (Lipinski definition) is 3. The number of benzene rings is 1. The normalized spacial score (nSPS) is 25.7. The van der Waals surface area contributed by atoms with E-state index in [1.165, 1.54) is 25.3 Å². The maximum absolute atomic E-state index is 13.4. The molecule has 0 spiro atoms. The molecule has 7 atom stereocenters. The zero-order valence-electron chi connectivity index (χ0n) is 22.2. The Bertz CT molecular complexity index is 965. The Morgan fingerprint density at radius 2 is 1.97 bits per heavy atom. The minimum atomic E-state index is -4.66. The van der Waals surface area contributed by atoms with Crippen molar-refractivity contribution < 1.29 is 23.1 Å². The Hall–Kier alpha value is -1.57. The van der Waals surface area contributed by atoms with Gasteiger partial charge in [0.1, 0.15) is 0 Å². The molecule has 2 fully saturated rings. The van der Waals surface area contributed by atoms with Crippen LogP contribution < -0.4 is 11.1 Å². The maximum atomic E-state index is 13.4. The number of aliphatic hydroxyl groups is 1. The second-order valence-corrected chi connectivity index (χ2v) is 11.9. The molecule has 3 rings (SSSR count). The maximum Gasteiger partial charge on any atom is 0.418 e. The van der Waals surface area contributed by atoms with Crippen LogP contribution in [0, 0.1) is 23.7 Å². The van der Waals surface area contributed by atoms with Gasteiger partial charge in [-0.25, -0.2) is 0 Å². The number of aliphatic hydroxyl groups excluding tert-OH is 1. The Morgan fingerprint density at radius 3 is 2.59 bits per heavy atom. The number of carbonyl (C=O) groups excluding carboxylic acids is 1. The van der Waals surface area contributed by atoms with Gasteiger partial charge in [0.25, 0.3) is 0 Å². The first-order valence-electron chi connectivity index (χ1n) is 13.6. The van der Waals surface area contributed by atoms with Crippen LogP contribution in [0.3, 0.4) is 0 Å². The number of Topliss-reactive ketones (excluding diaryl/α,β-unsaturated/α-hetero) is 1. The Morgan fingerprint density at radius 1 is 1.27 bits per heavy atom. The first kappa shape index (κ1) is 30.0. The Labute approximate surface area is 224 Å². The predicted molar refractivity (Wildman–Crippen MR) is 143 cm³/mol. The van der Waals surface area contributed by atoms with Gasteiger partial charge < -0.3 is 16.2 Å². The standard InChI is InChI=1S/C29H42ClF3N2O2/c1-5-6-22(35-26-10-16(2)9-20-15-23(20)26)8-7-17(3)28(37)21(11-18(4)36)12-19-13-24(29(31,32)33)27(34)25(30)14-19/h13-14,16,18,20-23,26,35-36H,3,5-12,15,34H2,1-2,4H3/t16?,18?,20?,21-,22?,23?,26?/m1/s1. The average Bonchev–Trinajstić information content (AvgIpc) is 3.57. The molecule has 0 saturated heterocycles. The molecule has 37 heavy (non-hydrogen) atoms. The van der Waals surface area contributed by atoms with Crippen molar-refractivity contribution in [2.75, 3.05) is 5.73 Å². The highest BCUT2D eigenvalue weighted by molar-refractivity contribution is 6.33. The summed E-state index contributed by atoms with van der Waals surface area (Å²) >= 11 is 5.99.